The quantitative estimate of drug-likeness (QED) is 0.846. The summed E-state index contributed by atoms with van der Waals surface area (Å²) in [6.45, 7) is 0.545. The molecule has 0 saturated heterocycles. The van der Waals surface area contributed by atoms with Gasteiger partial charge in [0.15, 0.2) is 6.10 Å². The minimum Gasteiger partial charge on any atom is -0.383 e. The number of halogens is 4. The van der Waals surface area contributed by atoms with E-state index in [1.807, 2.05) is 0 Å². The molecule has 0 saturated carbocycles. The van der Waals surface area contributed by atoms with Gasteiger partial charge in [-0.2, -0.15) is 13.9 Å². The van der Waals surface area contributed by atoms with Crippen LogP contribution in [-0.4, -0.2) is 34.0 Å². The van der Waals surface area contributed by atoms with Crippen molar-refractivity contribution in [2.75, 3.05) is 13.7 Å². The zero-order valence-corrected chi connectivity index (χ0v) is 10.7. The van der Waals surface area contributed by atoms with E-state index >= 15 is 0 Å². The maximum atomic E-state index is 12.8. The summed E-state index contributed by atoms with van der Waals surface area (Å²) >= 11 is 7.80. The molecule has 0 aliphatic carbocycles. The lowest BCUT2D eigenvalue weighted by Gasteiger charge is -2.18. The van der Waals surface area contributed by atoms with Gasteiger partial charge in [-0.1, -0.05) is 0 Å². The minimum absolute atomic E-state index is 0.0722. The van der Waals surface area contributed by atoms with Crippen molar-refractivity contribution in [1.29, 1.82) is 0 Å². The lowest BCUT2D eigenvalue weighted by molar-refractivity contribution is -0.0475. The van der Waals surface area contributed by atoms with Gasteiger partial charge in [0, 0.05) is 7.11 Å². The molecular weight excluding hydrogens is 309 g/mol. The van der Waals surface area contributed by atoms with E-state index in [9.17, 15) is 13.9 Å². The zero-order valence-electron chi connectivity index (χ0n) is 8.33. The maximum absolute atomic E-state index is 12.8. The largest absolute Gasteiger partial charge is 0.383 e. The second-order valence-corrected chi connectivity index (χ2v) is 4.40. The van der Waals surface area contributed by atoms with Gasteiger partial charge in [-0.25, -0.2) is 0 Å². The lowest BCUT2D eigenvalue weighted by Crippen LogP contribution is -2.23. The predicted octanol–water partition coefficient (Wildman–Crippen LogP) is 2.16. The van der Waals surface area contributed by atoms with Gasteiger partial charge < -0.3 is 9.84 Å². The molecule has 92 valence electrons. The van der Waals surface area contributed by atoms with Crippen molar-refractivity contribution in [3.8, 4) is 0 Å². The van der Waals surface area contributed by atoms with Crippen molar-refractivity contribution in [3.05, 3.63) is 16.4 Å². The average molecular weight is 320 g/mol. The normalized spacial score (nSPS) is 14.1. The fourth-order valence-electron chi connectivity index (χ4n) is 1.15. The molecule has 1 unspecified atom stereocenters. The molecule has 1 N–H and O–H groups in total. The molecule has 16 heavy (non-hydrogen) atoms. The summed E-state index contributed by atoms with van der Waals surface area (Å²) in [4.78, 5) is 0. The summed E-state index contributed by atoms with van der Waals surface area (Å²) in [6, 6.07) is 0. The highest BCUT2D eigenvalue weighted by Crippen LogP contribution is 2.37. The van der Waals surface area contributed by atoms with Crippen molar-refractivity contribution in [2.45, 2.75) is 18.0 Å². The smallest absolute Gasteiger partial charge is 0.352 e. The van der Waals surface area contributed by atoms with Gasteiger partial charge in [-0.15, -0.1) is 0 Å². The first-order valence-electron chi connectivity index (χ1n) is 4.33. The Morgan fingerprint density at radius 2 is 2.38 bits per heavy atom. The Bertz CT molecular complexity index is 356. The molecule has 0 amide bonds. The third kappa shape index (κ3) is 3.13. The van der Waals surface area contributed by atoms with Gasteiger partial charge >= 0.3 is 5.38 Å². The monoisotopic (exact) mass is 318 g/mol. The number of nitrogens with zero attached hydrogens (tertiary/aromatic N) is 2. The van der Waals surface area contributed by atoms with Gasteiger partial charge in [-0.05, 0) is 27.5 Å². The van der Waals surface area contributed by atoms with Crippen LogP contribution in [0.1, 0.15) is 11.8 Å². The number of aromatic nitrogens is 2. The number of aliphatic hydroxyl groups excluding tert-OH is 1. The van der Waals surface area contributed by atoms with E-state index in [0.717, 1.165) is 0 Å². The van der Waals surface area contributed by atoms with Crippen molar-refractivity contribution in [3.63, 3.8) is 0 Å². The van der Waals surface area contributed by atoms with Gasteiger partial charge in [0.05, 0.1) is 29.5 Å². The molecule has 0 aliphatic rings. The first kappa shape index (κ1) is 13.8. The minimum atomic E-state index is -3.74. The number of ether oxygens (including phenoxy) is 1. The predicted molar refractivity (Wildman–Crippen MR) is 57.6 cm³/mol. The highest BCUT2D eigenvalue weighted by Gasteiger charge is 2.40. The first-order chi connectivity index (χ1) is 7.38. The standard InChI is InChI=1S/C8H10BrClF2N2O2/c1-16-3-2-14-6(5(9)4-13-14)7(15)8(10,11)12/h4,7,15H,2-3H2,1H3. The first-order valence-corrected chi connectivity index (χ1v) is 5.50. The van der Waals surface area contributed by atoms with Crippen LogP contribution in [0, 0.1) is 0 Å². The molecule has 0 radical (unpaired) electrons. The number of alkyl halides is 3. The van der Waals surface area contributed by atoms with Crippen LogP contribution in [0.2, 0.25) is 0 Å². The molecule has 1 rings (SSSR count). The summed E-state index contributed by atoms with van der Waals surface area (Å²) in [7, 11) is 1.48. The Kier molecular flexibility index (Phi) is 4.66. The fourth-order valence-corrected chi connectivity index (χ4v) is 1.77. The topological polar surface area (TPSA) is 47.3 Å². The number of aliphatic hydroxyl groups is 1. The summed E-state index contributed by atoms with van der Waals surface area (Å²) in [5.74, 6) is 0. The Balaban J connectivity index is 2.97. The molecule has 0 fully saturated rings. The van der Waals surface area contributed by atoms with Gasteiger partial charge in [-0.3, -0.25) is 4.68 Å². The molecule has 8 heteroatoms. The number of hydrogen-bond acceptors (Lipinski definition) is 3. The molecule has 1 aromatic heterocycles. The van der Waals surface area contributed by atoms with Crippen LogP contribution in [0.5, 0.6) is 0 Å². The van der Waals surface area contributed by atoms with E-state index in [2.05, 4.69) is 21.0 Å². The van der Waals surface area contributed by atoms with Gasteiger partial charge in [0.2, 0.25) is 0 Å². The lowest BCUT2D eigenvalue weighted by atomic mass is 10.2. The molecule has 1 aromatic rings. The second-order valence-electron chi connectivity index (χ2n) is 3.04. The van der Waals surface area contributed by atoms with E-state index in [0.29, 0.717) is 6.61 Å². The van der Waals surface area contributed by atoms with Crippen LogP contribution in [0.3, 0.4) is 0 Å². The Hall–Kier alpha value is -0.240. The number of hydrogen-bond donors (Lipinski definition) is 1. The van der Waals surface area contributed by atoms with E-state index in [1.54, 1.807) is 0 Å². The van der Waals surface area contributed by atoms with E-state index in [1.165, 1.54) is 18.0 Å². The summed E-state index contributed by atoms with van der Waals surface area (Å²) < 4.78 is 31.9. The Morgan fingerprint density at radius 3 is 2.88 bits per heavy atom. The second kappa shape index (κ2) is 5.39. The molecule has 0 aliphatic heterocycles. The summed E-state index contributed by atoms with van der Waals surface area (Å²) in [5.41, 5.74) is -0.0722. The molecule has 4 nitrogen and oxygen atoms in total. The molecule has 1 heterocycles. The van der Waals surface area contributed by atoms with Crippen LogP contribution in [0.25, 0.3) is 0 Å². The Morgan fingerprint density at radius 1 is 1.75 bits per heavy atom. The van der Waals surface area contributed by atoms with Crippen LogP contribution in [0.15, 0.2) is 10.7 Å². The fraction of sp³-hybridized carbons (Fsp3) is 0.625. The van der Waals surface area contributed by atoms with E-state index in [4.69, 9.17) is 16.3 Å². The van der Waals surface area contributed by atoms with Crippen LogP contribution in [-0.2, 0) is 11.3 Å². The Labute approximate surface area is 104 Å². The zero-order chi connectivity index (χ0) is 12.3. The van der Waals surface area contributed by atoms with Crippen molar-refractivity contribution < 1.29 is 18.6 Å². The van der Waals surface area contributed by atoms with E-state index in [-0.39, 0.29) is 16.7 Å². The molecule has 0 aromatic carbocycles. The van der Waals surface area contributed by atoms with E-state index < -0.39 is 11.5 Å². The SMILES string of the molecule is COCCn1ncc(Br)c1C(O)C(F)(F)Cl. The highest BCUT2D eigenvalue weighted by atomic mass is 79.9. The van der Waals surface area contributed by atoms with Crippen molar-refractivity contribution in [1.82, 2.24) is 9.78 Å². The molecule has 1 atom stereocenters. The highest BCUT2D eigenvalue weighted by molar-refractivity contribution is 9.10. The van der Waals surface area contributed by atoms with Gasteiger partial charge in [0.25, 0.3) is 0 Å². The maximum Gasteiger partial charge on any atom is 0.352 e. The molecular formula is C8H10BrClF2N2O2. The average Bonchev–Trinajstić information content (AvgIpc) is 2.54. The molecule has 0 spiro atoms. The summed E-state index contributed by atoms with van der Waals surface area (Å²) in [6.07, 6.45) is -0.806. The van der Waals surface area contributed by atoms with Crippen molar-refractivity contribution in [2.24, 2.45) is 0 Å². The van der Waals surface area contributed by atoms with Gasteiger partial charge in [0.1, 0.15) is 0 Å². The number of methoxy groups -OCH3 is 1. The molecule has 0 bridgehead atoms. The van der Waals surface area contributed by atoms with Crippen LogP contribution in [0.4, 0.5) is 8.78 Å². The van der Waals surface area contributed by atoms with Crippen LogP contribution >= 0.6 is 27.5 Å². The summed E-state index contributed by atoms with van der Waals surface area (Å²) in [5, 5.41) is 9.48. The third-order valence-electron chi connectivity index (χ3n) is 1.91. The van der Waals surface area contributed by atoms with Crippen molar-refractivity contribution >= 4 is 27.5 Å². The number of rotatable bonds is 5. The third-order valence-corrected chi connectivity index (χ3v) is 2.73. The van der Waals surface area contributed by atoms with Crippen LogP contribution < -0.4 is 0 Å².